The SMILES string of the molecule is CCC(C#N)C(=O)NCC1CCCN1CC. The van der Waals surface area contributed by atoms with Gasteiger partial charge in [-0.3, -0.25) is 9.69 Å². The van der Waals surface area contributed by atoms with Crippen LogP contribution in [0.5, 0.6) is 0 Å². The minimum atomic E-state index is -0.489. The van der Waals surface area contributed by atoms with Crippen molar-refractivity contribution < 1.29 is 4.79 Å². The Balaban J connectivity index is 2.34. The van der Waals surface area contributed by atoms with Crippen molar-refractivity contribution in [2.45, 2.75) is 39.2 Å². The monoisotopic (exact) mass is 223 g/mol. The highest BCUT2D eigenvalue weighted by Crippen LogP contribution is 2.15. The third-order valence-electron chi connectivity index (χ3n) is 3.30. The molecule has 0 saturated carbocycles. The van der Waals surface area contributed by atoms with Gasteiger partial charge in [0.1, 0.15) is 5.92 Å². The number of amides is 1. The van der Waals surface area contributed by atoms with Crippen LogP contribution in [-0.4, -0.2) is 36.5 Å². The minimum Gasteiger partial charge on any atom is -0.353 e. The molecule has 1 aliphatic heterocycles. The Labute approximate surface area is 97.6 Å². The maximum absolute atomic E-state index is 11.6. The topological polar surface area (TPSA) is 56.1 Å². The van der Waals surface area contributed by atoms with Gasteiger partial charge >= 0.3 is 0 Å². The fourth-order valence-electron chi connectivity index (χ4n) is 2.22. The molecule has 4 heteroatoms. The van der Waals surface area contributed by atoms with Crippen LogP contribution in [-0.2, 0) is 4.79 Å². The predicted octanol–water partition coefficient (Wildman–Crippen LogP) is 1.14. The first-order valence-corrected chi connectivity index (χ1v) is 6.14. The molecule has 1 aliphatic rings. The van der Waals surface area contributed by atoms with Crippen LogP contribution in [0, 0.1) is 17.2 Å². The zero-order chi connectivity index (χ0) is 12.0. The first-order valence-electron chi connectivity index (χ1n) is 6.14. The van der Waals surface area contributed by atoms with E-state index in [0.717, 1.165) is 19.5 Å². The summed E-state index contributed by atoms with van der Waals surface area (Å²) in [5, 5.41) is 11.7. The zero-order valence-electron chi connectivity index (χ0n) is 10.2. The number of likely N-dealkylation sites (tertiary alicyclic amines) is 1. The predicted molar refractivity (Wildman–Crippen MR) is 62.7 cm³/mol. The molecule has 1 N–H and O–H groups in total. The van der Waals surface area contributed by atoms with Crippen LogP contribution < -0.4 is 5.32 Å². The molecule has 1 heterocycles. The molecule has 0 aliphatic carbocycles. The van der Waals surface area contributed by atoms with Gasteiger partial charge in [0.25, 0.3) is 0 Å². The second-order valence-electron chi connectivity index (χ2n) is 4.26. The van der Waals surface area contributed by atoms with Crippen LogP contribution in [0.1, 0.15) is 33.1 Å². The summed E-state index contributed by atoms with van der Waals surface area (Å²) in [4.78, 5) is 14.0. The lowest BCUT2D eigenvalue weighted by Crippen LogP contribution is -2.41. The fourth-order valence-corrected chi connectivity index (χ4v) is 2.22. The summed E-state index contributed by atoms with van der Waals surface area (Å²) in [5.41, 5.74) is 0. The molecular weight excluding hydrogens is 202 g/mol. The van der Waals surface area contributed by atoms with Gasteiger partial charge < -0.3 is 5.32 Å². The van der Waals surface area contributed by atoms with E-state index < -0.39 is 5.92 Å². The third-order valence-corrected chi connectivity index (χ3v) is 3.30. The average Bonchev–Trinajstić information content (AvgIpc) is 2.75. The number of likely N-dealkylation sites (N-methyl/N-ethyl adjacent to an activating group) is 1. The summed E-state index contributed by atoms with van der Waals surface area (Å²) < 4.78 is 0. The molecular formula is C12H21N3O. The van der Waals surface area contributed by atoms with E-state index in [9.17, 15) is 4.79 Å². The van der Waals surface area contributed by atoms with Crippen molar-refractivity contribution in [1.82, 2.24) is 10.2 Å². The Morgan fingerprint density at radius 1 is 1.62 bits per heavy atom. The molecule has 0 aromatic rings. The lowest BCUT2D eigenvalue weighted by atomic mass is 10.1. The van der Waals surface area contributed by atoms with Gasteiger partial charge in [-0.1, -0.05) is 13.8 Å². The zero-order valence-corrected chi connectivity index (χ0v) is 10.2. The van der Waals surface area contributed by atoms with Crippen LogP contribution in [0.15, 0.2) is 0 Å². The van der Waals surface area contributed by atoms with Crippen molar-refractivity contribution in [3.63, 3.8) is 0 Å². The number of hydrogen-bond acceptors (Lipinski definition) is 3. The van der Waals surface area contributed by atoms with E-state index in [0.29, 0.717) is 19.0 Å². The van der Waals surface area contributed by atoms with Crippen LogP contribution >= 0.6 is 0 Å². The summed E-state index contributed by atoms with van der Waals surface area (Å²) in [7, 11) is 0. The van der Waals surface area contributed by atoms with Gasteiger partial charge in [0.2, 0.25) is 5.91 Å². The average molecular weight is 223 g/mol. The molecule has 0 aromatic heterocycles. The number of rotatable bonds is 5. The molecule has 0 bridgehead atoms. The second-order valence-corrected chi connectivity index (χ2v) is 4.26. The Morgan fingerprint density at radius 3 is 2.94 bits per heavy atom. The molecule has 2 unspecified atom stereocenters. The van der Waals surface area contributed by atoms with E-state index in [4.69, 9.17) is 5.26 Å². The van der Waals surface area contributed by atoms with Gasteiger partial charge in [0, 0.05) is 12.6 Å². The normalized spacial score (nSPS) is 22.7. The van der Waals surface area contributed by atoms with Crippen molar-refractivity contribution in [2.75, 3.05) is 19.6 Å². The van der Waals surface area contributed by atoms with Crippen LogP contribution in [0.4, 0.5) is 0 Å². The van der Waals surface area contributed by atoms with E-state index in [1.165, 1.54) is 6.42 Å². The van der Waals surface area contributed by atoms with Gasteiger partial charge in [-0.15, -0.1) is 0 Å². The Kier molecular flexibility index (Phi) is 5.27. The number of nitrogens with one attached hydrogen (secondary N) is 1. The van der Waals surface area contributed by atoms with Gasteiger partial charge in [0.05, 0.1) is 6.07 Å². The van der Waals surface area contributed by atoms with E-state index in [-0.39, 0.29) is 5.91 Å². The molecule has 16 heavy (non-hydrogen) atoms. The highest BCUT2D eigenvalue weighted by Gasteiger charge is 2.24. The maximum atomic E-state index is 11.6. The third kappa shape index (κ3) is 3.21. The molecule has 1 amide bonds. The quantitative estimate of drug-likeness (QED) is 0.760. The van der Waals surface area contributed by atoms with Crippen LogP contribution in [0.3, 0.4) is 0 Å². The molecule has 0 spiro atoms. The molecule has 4 nitrogen and oxygen atoms in total. The second kappa shape index (κ2) is 6.49. The largest absolute Gasteiger partial charge is 0.353 e. The number of carbonyl (C=O) groups excluding carboxylic acids is 1. The van der Waals surface area contributed by atoms with Crippen LogP contribution in [0.25, 0.3) is 0 Å². The highest BCUT2D eigenvalue weighted by atomic mass is 16.1. The molecule has 1 rings (SSSR count). The standard InChI is InChI=1S/C12H21N3O/c1-3-10(8-13)12(16)14-9-11-6-5-7-15(11)4-2/h10-11H,3-7,9H2,1-2H3,(H,14,16). The van der Waals surface area contributed by atoms with Gasteiger partial charge in [-0.25, -0.2) is 0 Å². The van der Waals surface area contributed by atoms with Gasteiger partial charge in [0.15, 0.2) is 0 Å². The van der Waals surface area contributed by atoms with Crippen LogP contribution in [0.2, 0.25) is 0 Å². The van der Waals surface area contributed by atoms with Crippen molar-refractivity contribution in [1.29, 1.82) is 5.26 Å². The summed E-state index contributed by atoms with van der Waals surface area (Å²) >= 11 is 0. The van der Waals surface area contributed by atoms with Crippen molar-refractivity contribution in [3.8, 4) is 6.07 Å². The minimum absolute atomic E-state index is 0.118. The maximum Gasteiger partial charge on any atom is 0.237 e. The fraction of sp³-hybridized carbons (Fsp3) is 0.833. The molecule has 90 valence electrons. The molecule has 2 atom stereocenters. The molecule has 1 fully saturated rings. The van der Waals surface area contributed by atoms with E-state index in [2.05, 4.69) is 17.1 Å². The Morgan fingerprint density at radius 2 is 2.38 bits per heavy atom. The lowest BCUT2D eigenvalue weighted by molar-refractivity contribution is -0.123. The van der Waals surface area contributed by atoms with Crippen molar-refractivity contribution >= 4 is 5.91 Å². The number of nitriles is 1. The number of nitrogens with zero attached hydrogens (tertiary/aromatic N) is 2. The smallest absolute Gasteiger partial charge is 0.237 e. The van der Waals surface area contributed by atoms with Gasteiger partial charge in [-0.05, 0) is 32.4 Å². The van der Waals surface area contributed by atoms with Crippen molar-refractivity contribution in [3.05, 3.63) is 0 Å². The summed E-state index contributed by atoms with van der Waals surface area (Å²) in [6, 6.07) is 2.49. The number of hydrogen-bond donors (Lipinski definition) is 1. The van der Waals surface area contributed by atoms with Crippen molar-refractivity contribution in [2.24, 2.45) is 5.92 Å². The highest BCUT2D eigenvalue weighted by molar-refractivity contribution is 5.80. The lowest BCUT2D eigenvalue weighted by Gasteiger charge is -2.23. The van der Waals surface area contributed by atoms with E-state index in [1.54, 1.807) is 0 Å². The first kappa shape index (κ1) is 13.0. The first-order chi connectivity index (χ1) is 7.72. The molecule has 0 aromatic carbocycles. The van der Waals surface area contributed by atoms with E-state index >= 15 is 0 Å². The summed E-state index contributed by atoms with van der Waals surface area (Å²) in [6.07, 6.45) is 2.95. The Hall–Kier alpha value is -1.08. The number of carbonyl (C=O) groups is 1. The Bertz CT molecular complexity index is 272. The van der Waals surface area contributed by atoms with E-state index in [1.807, 2.05) is 13.0 Å². The summed E-state index contributed by atoms with van der Waals surface area (Å²) in [6.45, 7) is 6.86. The molecule has 1 saturated heterocycles. The molecule has 0 radical (unpaired) electrons. The summed E-state index contributed by atoms with van der Waals surface area (Å²) in [5.74, 6) is -0.607. The van der Waals surface area contributed by atoms with Gasteiger partial charge in [-0.2, -0.15) is 5.26 Å².